The monoisotopic (exact) mass is 341 g/mol. The molecule has 1 aliphatic rings. The van der Waals surface area contributed by atoms with E-state index in [-0.39, 0.29) is 0 Å². The molecule has 134 valence electrons. The molecular formula is C19H27N5O. The van der Waals surface area contributed by atoms with E-state index in [1.165, 1.54) is 0 Å². The maximum Gasteiger partial charge on any atom is 0.229 e. The Kier molecular flexibility index (Phi) is 5.71. The molecule has 0 saturated carbocycles. The SMILES string of the molecule is Cc1cc(NCC(C)C)nc(Nc2ccccc2N2CCOCC2)n1. The maximum atomic E-state index is 5.46. The molecule has 0 amide bonds. The number of para-hydroxylation sites is 2. The fraction of sp³-hybridized carbons (Fsp3) is 0.474. The van der Waals surface area contributed by atoms with Crippen molar-refractivity contribution in [1.29, 1.82) is 0 Å². The molecule has 2 heterocycles. The molecule has 3 rings (SSSR count). The minimum absolute atomic E-state index is 0.564. The average molecular weight is 341 g/mol. The molecular weight excluding hydrogens is 314 g/mol. The zero-order chi connectivity index (χ0) is 17.6. The van der Waals surface area contributed by atoms with Crippen LogP contribution in [0, 0.1) is 12.8 Å². The summed E-state index contributed by atoms with van der Waals surface area (Å²) in [5, 5.41) is 6.77. The van der Waals surface area contributed by atoms with Gasteiger partial charge in [0.15, 0.2) is 0 Å². The summed E-state index contributed by atoms with van der Waals surface area (Å²) in [7, 11) is 0. The molecule has 0 aliphatic carbocycles. The lowest BCUT2D eigenvalue weighted by molar-refractivity contribution is 0.123. The Labute approximate surface area is 149 Å². The van der Waals surface area contributed by atoms with Crippen molar-refractivity contribution in [3.63, 3.8) is 0 Å². The second kappa shape index (κ2) is 8.16. The first-order valence-electron chi connectivity index (χ1n) is 8.90. The molecule has 1 aromatic heterocycles. The molecule has 0 spiro atoms. The van der Waals surface area contributed by atoms with E-state index in [4.69, 9.17) is 4.74 Å². The third kappa shape index (κ3) is 4.82. The molecule has 0 bridgehead atoms. The molecule has 1 saturated heterocycles. The van der Waals surface area contributed by atoms with Crippen LogP contribution in [0.2, 0.25) is 0 Å². The number of hydrogen-bond donors (Lipinski definition) is 2. The van der Waals surface area contributed by atoms with Crippen LogP contribution in [0.1, 0.15) is 19.5 Å². The summed E-state index contributed by atoms with van der Waals surface area (Å²) in [4.78, 5) is 11.5. The summed E-state index contributed by atoms with van der Waals surface area (Å²) in [6, 6.07) is 10.3. The summed E-state index contributed by atoms with van der Waals surface area (Å²) < 4.78 is 5.46. The standard InChI is InChI=1S/C19H27N5O/c1-14(2)13-20-18-12-15(3)21-19(23-18)22-16-6-4-5-7-17(16)24-8-10-25-11-9-24/h4-7,12,14H,8-11,13H2,1-3H3,(H2,20,21,22,23). The molecule has 6 heteroatoms. The fourth-order valence-corrected chi connectivity index (χ4v) is 2.80. The van der Waals surface area contributed by atoms with Crippen molar-refractivity contribution >= 4 is 23.1 Å². The quantitative estimate of drug-likeness (QED) is 0.839. The highest BCUT2D eigenvalue weighted by Crippen LogP contribution is 2.28. The highest BCUT2D eigenvalue weighted by Gasteiger charge is 2.15. The number of aromatic nitrogens is 2. The van der Waals surface area contributed by atoms with Gasteiger partial charge < -0.3 is 20.3 Å². The third-order valence-electron chi connectivity index (χ3n) is 4.05. The van der Waals surface area contributed by atoms with Crippen LogP contribution >= 0.6 is 0 Å². The Morgan fingerprint density at radius 3 is 2.68 bits per heavy atom. The van der Waals surface area contributed by atoms with Crippen molar-refractivity contribution in [2.75, 3.05) is 48.4 Å². The number of morpholine rings is 1. The number of benzene rings is 1. The van der Waals surface area contributed by atoms with E-state index in [2.05, 4.69) is 57.5 Å². The molecule has 1 aliphatic heterocycles. The van der Waals surface area contributed by atoms with Gasteiger partial charge in [-0.05, 0) is 25.0 Å². The molecule has 0 unspecified atom stereocenters. The van der Waals surface area contributed by atoms with Gasteiger partial charge in [0.2, 0.25) is 5.95 Å². The van der Waals surface area contributed by atoms with Crippen LogP contribution in [0.4, 0.5) is 23.1 Å². The Bertz CT molecular complexity index is 698. The van der Waals surface area contributed by atoms with Crippen LogP contribution in [0.3, 0.4) is 0 Å². The number of anilines is 4. The second-order valence-corrected chi connectivity index (χ2v) is 6.73. The van der Waals surface area contributed by atoms with E-state index in [1.54, 1.807) is 0 Å². The summed E-state index contributed by atoms with van der Waals surface area (Å²) in [5.41, 5.74) is 3.12. The second-order valence-electron chi connectivity index (χ2n) is 6.73. The Hall–Kier alpha value is -2.34. The van der Waals surface area contributed by atoms with Gasteiger partial charge in [-0.1, -0.05) is 26.0 Å². The fourth-order valence-electron chi connectivity index (χ4n) is 2.80. The van der Waals surface area contributed by atoms with Crippen molar-refractivity contribution in [1.82, 2.24) is 9.97 Å². The summed E-state index contributed by atoms with van der Waals surface area (Å²) in [6.07, 6.45) is 0. The first-order valence-corrected chi connectivity index (χ1v) is 8.90. The largest absolute Gasteiger partial charge is 0.378 e. The van der Waals surface area contributed by atoms with Gasteiger partial charge in [-0.2, -0.15) is 4.98 Å². The molecule has 2 aromatic rings. The number of nitrogens with one attached hydrogen (secondary N) is 2. The van der Waals surface area contributed by atoms with Gasteiger partial charge in [-0.15, -0.1) is 0 Å². The van der Waals surface area contributed by atoms with Crippen LogP contribution in [-0.4, -0.2) is 42.8 Å². The van der Waals surface area contributed by atoms with Crippen molar-refractivity contribution < 1.29 is 4.74 Å². The minimum atomic E-state index is 0.564. The predicted molar refractivity (Wildman–Crippen MR) is 103 cm³/mol. The van der Waals surface area contributed by atoms with E-state index in [9.17, 15) is 0 Å². The molecule has 6 nitrogen and oxygen atoms in total. The van der Waals surface area contributed by atoms with Gasteiger partial charge in [0.1, 0.15) is 5.82 Å². The number of ether oxygens (including phenoxy) is 1. The van der Waals surface area contributed by atoms with E-state index in [0.717, 1.165) is 55.7 Å². The van der Waals surface area contributed by atoms with Crippen LogP contribution in [-0.2, 0) is 4.74 Å². The van der Waals surface area contributed by atoms with E-state index in [1.807, 2.05) is 19.1 Å². The third-order valence-corrected chi connectivity index (χ3v) is 4.05. The van der Waals surface area contributed by atoms with Crippen LogP contribution in [0.25, 0.3) is 0 Å². The number of aryl methyl sites for hydroxylation is 1. The van der Waals surface area contributed by atoms with Gasteiger partial charge in [0.25, 0.3) is 0 Å². The number of hydrogen-bond acceptors (Lipinski definition) is 6. The highest BCUT2D eigenvalue weighted by atomic mass is 16.5. The molecule has 1 fully saturated rings. The maximum absolute atomic E-state index is 5.46. The zero-order valence-electron chi connectivity index (χ0n) is 15.2. The van der Waals surface area contributed by atoms with Gasteiger partial charge >= 0.3 is 0 Å². The van der Waals surface area contributed by atoms with Crippen LogP contribution in [0.5, 0.6) is 0 Å². The molecule has 0 radical (unpaired) electrons. The topological polar surface area (TPSA) is 62.3 Å². The zero-order valence-corrected chi connectivity index (χ0v) is 15.2. The van der Waals surface area contributed by atoms with Crippen molar-refractivity contribution in [3.8, 4) is 0 Å². The van der Waals surface area contributed by atoms with Crippen molar-refractivity contribution in [2.24, 2.45) is 5.92 Å². The summed E-state index contributed by atoms with van der Waals surface area (Å²) in [6.45, 7) is 10.6. The number of rotatable bonds is 6. The van der Waals surface area contributed by atoms with Gasteiger partial charge in [0.05, 0.1) is 24.6 Å². The van der Waals surface area contributed by atoms with Gasteiger partial charge in [0, 0.05) is 31.4 Å². The van der Waals surface area contributed by atoms with Crippen molar-refractivity contribution in [3.05, 3.63) is 36.0 Å². The normalized spacial score (nSPS) is 14.6. The Morgan fingerprint density at radius 1 is 1.16 bits per heavy atom. The van der Waals surface area contributed by atoms with E-state index in [0.29, 0.717) is 11.9 Å². The van der Waals surface area contributed by atoms with E-state index >= 15 is 0 Å². The average Bonchev–Trinajstić information content (AvgIpc) is 2.61. The Balaban J connectivity index is 1.80. The first kappa shape index (κ1) is 17.5. The molecule has 1 aromatic carbocycles. The number of nitrogens with zero attached hydrogens (tertiary/aromatic N) is 3. The summed E-state index contributed by atoms with van der Waals surface area (Å²) in [5.74, 6) is 2.04. The molecule has 2 N–H and O–H groups in total. The molecule has 0 atom stereocenters. The smallest absolute Gasteiger partial charge is 0.229 e. The van der Waals surface area contributed by atoms with Gasteiger partial charge in [-0.3, -0.25) is 0 Å². The van der Waals surface area contributed by atoms with Gasteiger partial charge in [-0.25, -0.2) is 4.98 Å². The molecule has 25 heavy (non-hydrogen) atoms. The van der Waals surface area contributed by atoms with Crippen molar-refractivity contribution in [2.45, 2.75) is 20.8 Å². The van der Waals surface area contributed by atoms with Crippen LogP contribution in [0.15, 0.2) is 30.3 Å². The Morgan fingerprint density at radius 2 is 1.92 bits per heavy atom. The summed E-state index contributed by atoms with van der Waals surface area (Å²) >= 11 is 0. The lowest BCUT2D eigenvalue weighted by Gasteiger charge is -2.30. The minimum Gasteiger partial charge on any atom is -0.378 e. The predicted octanol–water partition coefficient (Wildman–Crippen LogP) is 3.43. The first-order chi connectivity index (χ1) is 12.1. The van der Waals surface area contributed by atoms with E-state index < -0.39 is 0 Å². The van der Waals surface area contributed by atoms with Crippen LogP contribution < -0.4 is 15.5 Å². The lowest BCUT2D eigenvalue weighted by atomic mass is 10.2. The highest BCUT2D eigenvalue weighted by molar-refractivity contribution is 5.73. The lowest BCUT2D eigenvalue weighted by Crippen LogP contribution is -2.36.